The Morgan fingerprint density at radius 3 is 2.33 bits per heavy atom. The molecule has 1 aliphatic heterocycles. The smallest absolute Gasteiger partial charge is 0.409 e. The van der Waals surface area contributed by atoms with Crippen LogP contribution < -0.4 is 5.32 Å². The van der Waals surface area contributed by atoms with Crippen LogP contribution in [0.1, 0.15) is 56.9 Å². The first-order valence-electron chi connectivity index (χ1n) is 9.88. The van der Waals surface area contributed by atoms with Gasteiger partial charge in [0.25, 0.3) is 5.91 Å². The van der Waals surface area contributed by atoms with Gasteiger partial charge in [0.1, 0.15) is 11.5 Å². The molecule has 0 saturated carbocycles. The third kappa shape index (κ3) is 6.08. The molecule has 0 unspecified atom stereocenters. The van der Waals surface area contributed by atoms with Crippen LogP contribution in [0.4, 0.5) is 10.6 Å². The molecule has 0 aliphatic carbocycles. The highest BCUT2D eigenvalue weighted by molar-refractivity contribution is 5.92. The average Bonchev–Trinajstić information content (AvgIpc) is 2.68. The summed E-state index contributed by atoms with van der Waals surface area (Å²) < 4.78 is 5.03. The Morgan fingerprint density at radius 1 is 1.15 bits per heavy atom. The van der Waals surface area contributed by atoms with Crippen LogP contribution in [0.15, 0.2) is 12.4 Å². The van der Waals surface area contributed by atoms with E-state index in [4.69, 9.17) is 4.74 Å². The van der Waals surface area contributed by atoms with Gasteiger partial charge in [-0.3, -0.25) is 4.79 Å². The minimum atomic E-state index is -0.248. The largest absolute Gasteiger partial charge is 0.450 e. The molecule has 8 nitrogen and oxygen atoms in total. The summed E-state index contributed by atoms with van der Waals surface area (Å²) in [4.78, 5) is 36.5. The van der Waals surface area contributed by atoms with Gasteiger partial charge in [-0.05, 0) is 32.6 Å². The molecule has 1 aromatic heterocycles. The highest BCUT2D eigenvalue weighted by Crippen LogP contribution is 2.16. The molecule has 1 aliphatic rings. The maximum atomic E-state index is 12.5. The number of likely N-dealkylation sites (tertiary alicyclic amines) is 1. The third-order valence-corrected chi connectivity index (χ3v) is 4.52. The fourth-order valence-corrected chi connectivity index (χ4v) is 3.16. The molecule has 1 N–H and O–H groups in total. The second-order valence-corrected chi connectivity index (χ2v) is 6.68. The van der Waals surface area contributed by atoms with E-state index in [2.05, 4.69) is 29.1 Å². The monoisotopic (exact) mass is 377 g/mol. The number of carbonyl (C=O) groups is 2. The lowest BCUT2D eigenvalue weighted by atomic mass is 10.1. The van der Waals surface area contributed by atoms with Crippen LogP contribution in [-0.2, 0) is 4.74 Å². The first kappa shape index (κ1) is 20.9. The van der Waals surface area contributed by atoms with E-state index in [1.165, 1.54) is 6.20 Å². The molecular weight excluding hydrogens is 346 g/mol. The number of aromatic nitrogens is 2. The van der Waals surface area contributed by atoms with E-state index in [1.54, 1.807) is 11.1 Å². The molecule has 0 atom stereocenters. The van der Waals surface area contributed by atoms with Crippen molar-refractivity contribution in [3.63, 3.8) is 0 Å². The quantitative estimate of drug-likeness (QED) is 0.749. The fourth-order valence-electron chi connectivity index (χ4n) is 3.16. The number of amides is 2. The van der Waals surface area contributed by atoms with Gasteiger partial charge >= 0.3 is 6.09 Å². The van der Waals surface area contributed by atoms with E-state index in [0.717, 1.165) is 38.8 Å². The fraction of sp³-hybridized carbons (Fsp3) is 0.684. The van der Waals surface area contributed by atoms with E-state index in [0.29, 0.717) is 31.2 Å². The van der Waals surface area contributed by atoms with Crippen LogP contribution in [0.25, 0.3) is 0 Å². The maximum absolute atomic E-state index is 12.5. The van der Waals surface area contributed by atoms with Crippen LogP contribution in [0, 0.1) is 0 Å². The normalized spacial score (nSPS) is 14.7. The van der Waals surface area contributed by atoms with Crippen molar-refractivity contribution in [2.24, 2.45) is 0 Å². The van der Waals surface area contributed by atoms with Crippen molar-refractivity contribution < 1.29 is 14.3 Å². The van der Waals surface area contributed by atoms with Crippen molar-refractivity contribution >= 4 is 17.8 Å². The number of nitrogens with one attached hydrogen (secondary N) is 1. The second kappa shape index (κ2) is 10.7. The summed E-state index contributed by atoms with van der Waals surface area (Å²) in [6.07, 6.45) is 6.39. The first-order chi connectivity index (χ1) is 13.1. The zero-order chi connectivity index (χ0) is 19.6. The molecule has 8 heteroatoms. The molecule has 2 rings (SSSR count). The highest BCUT2D eigenvalue weighted by atomic mass is 16.6. The van der Waals surface area contributed by atoms with E-state index < -0.39 is 0 Å². The Bertz CT molecular complexity index is 594. The Hall–Kier alpha value is -2.38. The van der Waals surface area contributed by atoms with Gasteiger partial charge in [-0.2, -0.15) is 0 Å². The summed E-state index contributed by atoms with van der Waals surface area (Å²) in [5.74, 6) is 0.583. The van der Waals surface area contributed by atoms with Gasteiger partial charge in [0, 0.05) is 32.2 Å². The van der Waals surface area contributed by atoms with Gasteiger partial charge in [0.05, 0.1) is 19.0 Å². The van der Waals surface area contributed by atoms with Crippen molar-refractivity contribution in [2.75, 3.05) is 38.1 Å². The van der Waals surface area contributed by atoms with E-state index in [9.17, 15) is 9.59 Å². The molecule has 0 radical (unpaired) electrons. The number of hydrogen-bond acceptors (Lipinski definition) is 6. The molecule has 1 saturated heterocycles. The van der Waals surface area contributed by atoms with Crippen LogP contribution in [-0.4, -0.2) is 70.6 Å². The number of ether oxygens (including phenoxy) is 1. The summed E-state index contributed by atoms with van der Waals surface area (Å²) >= 11 is 0. The Kier molecular flexibility index (Phi) is 8.29. The molecule has 0 spiro atoms. The summed E-state index contributed by atoms with van der Waals surface area (Å²) in [5, 5.41) is 3.34. The molecule has 2 amide bonds. The topological polar surface area (TPSA) is 87.7 Å². The number of piperidine rings is 1. The van der Waals surface area contributed by atoms with Crippen LogP contribution in [0.5, 0.6) is 0 Å². The molecule has 2 heterocycles. The highest BCUT2D eigenvalue weighted by Gasteiger charge is 2.24. The lowest BCUT2D eigenvalue weighted by Gasteiger charge is -2.31. The molecule has 1 aromatic rings. The molecule has 27 heavy (non-hydrogen) atoms. The Labute approximate surface area is 161 Å². The van der Waals surface area contributed by atoms with Gasteiger partial charge in [-0.25, -0.2) is 14.8 Å². The predicted molar refractivity (Wildman–Crippen MR) is 104 cm³/mol. The Morgan fingerprint density at radius 2 is 1.81 bits per heavy atom. The standard InChI is InChI=1S/C19H31N5O3/c1-4-9-23(10-5-2)18(25)16-13-21-17(14-20-16)22-15-7-11-24(12-8-15)19(26)27-6-3/h13-15H,4-12H2,1-3H3,(H,21,22). The molecule has 0 aromatic carbocycles. The van der Waals surface area contributed by atoms with Gasteiger partial charge in [-0.1, -0.05) is 13.8 Å². The lowest BCUT2D eigenvalue weighted by molar-refractivity contribution is 0.0749. The Balaban J connectivity index is 1.87. The van der Waals surface area contributed by atoms with Crippen molar-refractivity contribution in [1.82, 2.24) is 19.8 Å². The minimum absolute atomic E-state index is 0.0690. The van der Waals surface area contributed by atoms with Crippen molar-refractivity contribution in [3.8, 4) is 0 Å². The van der Waals surface area contributed by atoms with Crippen LogP contribution >= 0.6 is 0 Å². The number of nitrogens with zero attached hydrogens (tertiary/aromatic N) is 4. The first-order valence-corrected chi connectivity index (χ1v) is 9.88. The summed E-state index contributed by atoms with van der Waals surface area (Å²) in [5.41, 5.74) is 0.375. The molecule has 150 valence electrons. The van der Waals surface area contributed by atoms with E-state index >= 15 is 0 Å². The van der Waals surface area contributed by atoms with Crippen molar-refractivity contribution in [2.45, 2.75) is 52.5 Å². The van der Waals surface area contributed by atoms with Gasteiger partial charge in [0.2, 0.25) is 0 Å². The molecule has 1 fully saturated rings. The zero-order valence-corrected chi connectivity index (χ0v) is 16.6. The number of anilines is 1. The molecular formula is C19H31N5O3. The van der Waals surface area contributed by atoms with Gasteiger partial charge < -0.3 is 19.9 Å². The minimum Gasteiger partial charge on any atom is -0.450 e. The van der Waals surface area contributed by atoms with Gasteiger partial charge in [-0.15, -0.1) is 0 Å². The van der Waals surface area contributed by atoms with Crippen molar-refractivity contribution in [3.05, 3.63) is 18.1 Å². The van der Waals surface area contributed by atoms with Crippen LogP contribution in [0.2, 0.25) is 0 Å². The third-order valence-electron chi connectivity index (χ3n) is 4.52. The van der Waals surface area contributed by atoms with E-state index in [-0.39, 0.29) is 18.0 Å². The maximum Gasteiger partial charge on any atom is 0.409 e. The number of carbonyl (C=O) groups excluding carboxylic acids is 2. The number of hydrogen-bond donors (Lipinski definition) is 1. The number of rotatable bonds is 8. The van der Waals surface area contributed by atoms with Crippen molar-refractivity contribution in [1.29, 1.82) is 0 Å². The average molecular weight is 377 g/mol. The summed E-state index contributed by atoms with van der Waals surface area (Å²) in [6.45, 7) is 9.09. The SMILES string of the molecule is CCCN(CCC)C(=O)c1cnc(NC2CCN(C(=O)OCC)CC2)cn1. The summed E-state index contributed by atoms with van der Waals surface area (Å²) in [6, 6.07) is 0.225. The van der Waals surface area contributed by atoms with Crippen LogP contribution in [0.3, 0.4) is 0 Å². The second-order valence-electron chi connectivity index (χ2n) is 6.68. The predicted octanol–water partition coefficient (Wildman–Crippen LogP) is 2.77. The molecule has 0 bridgehead atoms. The summed E-state index contributed by atoms with van der Waals surface area (Å²) in [7, 11) is 0. The van der Waals surface area contributed by atoms with Gasteiger partial charge in [0.15, 0.2) is 0 Å². The van der Waals surface area contributed by atoms with E-state index in [1.807, 2.05) is 11.8 Å². The lowest BCUT2D eigenvalue weighted by Crippen LogP contribution is -2.42. The zero-order valence-electron chi connectivity index (χ0n) is 16.6.